The number of methoxy groups -OCH3 is 1. The number of hydrogen-bond acceptors (Lipinski definition) is 4. The molecule has 1 N–H and O–H groups in total. The Morgan fingerprint density at radius 3 is 2.33 bits per heavy atom. The van der Waals surface area contributed by atoms with Crippen molar-refractivity contribution in [3.8, 4) is 5.75 Å². The molecule has 3 aromatic rings. The van der Waals surface area contributed by atoms with E-state index in [2.05, 4.69) is 4.72 Å². The van der Waals surface area contributed by atoms with E-state index in [9.17, 15) is 13.2 Å². The zero-order valence-corrected chi connectivity index (χ0v) is 20.2. The maximum absolute atomic E-state index is 13.1. The van der Waals surface area contributed by atoms with Crippen LogP contribution in [0, 0.1) is 0 Å². The van der Waals surface area contributed by atoms with Crippen molar-refractivity contribution in [2.75, 3.05) is 20.2 Å². The van der Waals surface area contributed by atoms with Gasteiger partial charge in [0.2, 0.25) is 10.0 Å². The Morgan fingerprint density at radius 1 is 1.00 bits per heavy atom. The molecule has 6 nitrogen and oxygen atoms in total. The summed E-state index contributed by atoms with van der Waals surface area (Å²) < 4.78 is 33.9. The van der Waals surface area contributed by atoms with Gasteiger partial charge in [0, 0.05) is 30.2 Å². The summed E-state index contributed by atoms with van der Waals surface area (Å²) in [6.45, 7) is 3.02. The molecule has 0 spiro atoms. The molecule has 33 heavy (non-hydrogen) atoms. The lowest BCUT2D eigenvalue weighted by atomic mass is 10.1. The quantitative estimate of drug-likeness (QED) is 0.456. The van der Waals surface area contributed by atoms with Gasteiger partial charge in [-0.25, -0.2) is 13.1 Å². The number of amides is 1. The standard InChI is InChI=1S/C25H27ClN2O4S/c1-3-28(16-15-19-7-5-4-6-8-19)25(29)21-11-14-23(32-2)24(17-21)33(30,31)27-18-20-9-12-22(26)13-10-20/h4-14,17,27H,3,15-16,18H2,1-2H3. The molecule has 0 aliphatic carbocycles. The van der Waals surface area contributed by atoms with Crippen LogP contribution in [0.2, 0.25) is 5.02 Å². The van der Waals surface area contributed by atoms with Crippen LogP contribution in [0.1, 0.15) is 28.4 Å². The molecule has 1 amide bonds. The predicted octanol–water partition coefficient (Wildman–Crippen LogP) is 4.53. The lowest BCUT2D eigenvalue weighted by Crippen LogP contribution is -2.33. The minimum Gasteiger partial charge on any atom is -0.495 e. The van der Waals surface area contributed by atoms with Gasteiger partial charge in [-0.15, -0.1) is 0 Å². The Bertz CT molecular complexity index is 1180. The van der Waals surface area contributed by atoms with Crippen molar-refractivity contribution in [2.45, 2.75) is 24.8 Å². The monoisotopic (exact) mass is 486 g/mol. The van der Waals surface area contributed by atoms with Crippen molar-refractivity contribution in [3.05, 3.63) is 94.5 Å². The molecule has 0 atom stereocenters. The van der Waals surface area contributed by atoms with Gasteiger partial charge in [-0.1, -0.05) is 54.1 Å². The van der Waals surface area contributed by atoms with Crippen LogP contribution in [0.4, 0.5) is 0 Å². The van der Waals surface area contributed by atoms with E-state index in [0.29, 0.717) is 24.5 Å². The first-order valence-corrected chi connectivity index (χ1v) is 12.5. The summed E-state index contributed by atoms with van der Waals surface area (Å²) in [7, 11) is -2.54. The van der Waals surface area contributed by atoms with Crippen LogP contribution in [0.25, 0.3) is 0 Å². The summed E-state index contributed by atoms with van der Waals surface area (Å²) >= 11 is 5.89. The summed E-state index contributed by atoms with van der Waals surface area (Å²) in [6, 6.07) is 21.3. The summed E-state index contributed by atoms with van der Waals surface area (Å²) in [4.78, 5) is 14.8. The van der Waals surface area contributed by atoms with E-state index >= 15 is 0 Å². The lowest BCUT2D eigenvalue weighted by molar-refractivity contribution is 0.0766. The normalized spacial score (nSPS) is 11.2. The first-order chi connectivity index (χ1) is 15.8. The Hall–Kier alpha value is -2.87. The van der Waals surface area contributed by atoms with Gasteiger partial charge < -0.3 is 9.64 Å². The van der Waals surface area contributed by atoms with Gasteiger partial charge in [-0.2, -0.15) is 0 Å². The summed E-state index contributed by atoms with van der Waals surface area (Å²) in [5.41, 5.74) is 2.18. The second-order valence-corrected chi connectivity index (χ2v) is 9.61. The van der Waals surface area contributed by atoms with E-state index < -0.39 is 10.0 Å². The molecule has 3 aromatic carbocycles. The highest BCUT2D eigenvalue weighted by atomic mass is 35.5. The molecular weight excluding hydrogens is 460 g/mol. The molecule has 0 bridgehead atoms. The van der Waals surface area contributed by atoms with Gasteiger partial charge in [0.05, 0.1) is 7.11 Å². The van der Waals surface area contributed by atoms with E-state index in [1.54, 1.807) is 35.2 Å². The van der Waals surface area contributed by atoms with E-state index in [4.69, 9.17) is 16.3 Å². The number of nitrogens with one attached hydrogen (secondary N) is 1. The second-order valence-electron chi connectivity index (χ2n) is 7.44. The molecule has 0 aliphatic rings. The molecule has 0 fully saturated rings. The number of sulfonamides is 1. The third-order valence-electron chi connectivity index (χ3n) is 5.26. The van der Waals surface area contributed by atoms with Crippen molar-refractivity contribution in [1.29, 1.82) is 0 Å². The zero-order valence-electron chi connectivity index (χ0n) is 18.6. The minimum absolute atomic E-state index is 0.0797. The van der Waals surface area contributed by atoms with E-state index in [1.165, 1.54) is 19.2 Å². The second kappa shape index (κ2) is 11.3. The molecule has 0 saturated carbocycles. The zero-order chi connectivity index (χ0) is 23.8. The number of benzene rings is 3. The highest BCUT2D eigenvalue weighted by Gasteiger charge is 2.23. The van der Waals surface area contributed by atoms with E-state index in [1.807, 2.05) is 37.3 Å². The Morgan fingerprint density at radius 2 is 1.70 bits per heavy atom. The number of carbonyl (C=O) groups excluding carboxylic acids is 1. The Balaban J connectivity index is 1.79. The van der Waals surface area contributed by atoms with Gasteiger partial charge >= 0.3 is 0 Å². The van der Waals surface area contributed by atoms with Crippen LogP contribution in [-0.2, 0) is 23.0 Å². The molecule has 0 aromatic heterocycles. The molecule has 0 aliphatic heterocycles. The third-order valence-corrected chi connectivity index (χ3v) is 6.94. The van der Waals surface area contributed by atoms with Gasteiger partial charge in [-0.05, 0) is 54.8 Å². The molecule has 8 heteroatoms. The fourth-order valence-electron chi connectivity index (χ4n) is 3.37. The van der Waals surface area contributed by atoms with Gasteiger partial charge in [0.25, 0.3) is 5.91 Å². The first kappa shape index (κ1) is 24.8. The number of carbonyl (C=O) groups is 1. The number of rotatable bonds is 10. The summed E-state index contributed by atoms with van der Waals surface area (Å²) in [5, 5.41) is 0.572. The number of nitrogens with zero attached hydrogens (tertiary/aromatic N) is 1. The van der Waals surface area contributed by atoms with Crippen molar-refractivity contribution >= 4 is 27.5 Å². The van der Waals surface area contributed by atoms with Crippen LogP contribution in [0.15, 0.2) is 77.7 Å². The van der Waals surface area contributed by atoms with Crippen molar-refractivity contribution in [3.63, 3.8) is 0 Å². The highest BCUT2D eigenvalue weighted by molar-refractivity contribution is 7.89. The third kappa shape index (κ3) is 6.57. The fourth-order valence-corrected chi connectivity index (χ4v) is 4.71. The molecule has 0 heterocycles. The van der Waals surface area contributed by atoms with Crippen LogP contribution < -0.4 is 9.46 Å². The van der Waals surface area contributed by atoms with Crippen molar-refractivity contribution in [2.24, 2.45) is 0 Å². The maximum Gasteiger partial charge on any atom is 0.253 e. The average Bonchev–Trinajstić information content (AvgIpc) is 2.84. The first-order valence-electron chi connectivity index (χ1n) is 10.6. The molecule has 0 saturated heterocycles. The average molecular weight is 487 g/mol. The van der Waals surface area contributed by atoms with Gasteiger partial charge in [-0.3, -0.25) is 4.79 Å². The Labute approximate surface area is 200 Å². The lowest BCUT2D eigenvalue weighted by Gasteiger charge is -2.22. The number of hydrogen-bond donors (Lipinski definition) is 1. The molecular formula is C25H27ClN2O4S. The Kier molecular flexibility index (Phi) is 8.49. The largest absolute Gasteiger partial charge is 0.495 e. The molecule has 174 valence electrons. The van der Waals surface area contributed by atoms with Crippen LogP contribution >= 0.6 is 11.6 Å². The van der Waals surface area contributed by atoms with Crippen LogP contribution in [0.5, 0.6) is 5.75 Å². The molecule has 3 rings (SSSR count). The summed E-state index contributed by atoms with van der Waals surface area (Å²) in [5.74, 6) is -0.0623. The van der Waals surface area contributed by atoms with E-state index in [0.717, 1.165) is 11.1 Å². The van der Waals surface area contributed by atoms with Gasteiger partial charge in [0.1, 0.15) is 10.6 Å². The number of likely N-dealkylation sites (N-methyl/N-ethyl adjacent to an activating group) is 1. The topological polar surface area (TPSA) is 75.7 Å². The number of ether oxygens (including phenoxy) is 1. The van der Waals surface area contributed by atoms with Crippen molar-refractivity contribution in [1.82, 2.24) is 9.62 Å². The predicted molar refractivity (Wildman–Crippen MR) is 130 cm³/mol. The van der Waals surface area contributed by atoms with Gasteiger partial charge in [0.15, 0.2) is 0 Å². The SMILES string of the molecule is CCN(CCc1ccccc1)C(=O)c1ccc(OC)c(S(=O)(=O)NCc2ccc(Cl)cc2)c1. The minimum atomic E-state index is -3.93. The van der Waals surface area contributed by atoms with E-state index in [-0.39, 0.29) is 28.7 Å². The summed E-state index contributed by atoms with van der Waals surface area (Å²) in [6.07, 6.45) is 0.713. The van der Waals surface area contributed by atoms with Crippen LogP contribution in [0.3, 0.4) is 0 Å². The molecule has 0 radical (unpaired) electrons. The molecule has 0 unspecified atom stereocenters. The number of halogens is 1. The maximum atomic E-state index is 13.1. The van der Waals surface area contributed by atoms with Crippen molar-refractivity contribution < 1.29 is 17.9 Å². The highest BCUT2D eigenvalue weighted by Crippen LogP contribution is 2.26. The van der Waals surface area contributed by atoms with Crippen LogP contribution in [-0.4, -0.2) is 39.4 Å². The smallest absolute Gasteiger partial charge is 0.253 e. The fraction of sp³-hybridized carbons (Fsp3) is 0.240.